The second-order valence-electron chi connectivity index (χ2n) is 4.37. The van der Waals surface area contributed by atoms with Gasteiger partial charge in [0.05, 0.1) is 0 Å². The molecule has 0 spiro atoms. The maximum absolute atomic E-state index is 13.1. The second kappa shape index (κ2) is 5.35. The van der Waals surface area contributed by atoms with Crippen LogP contribution in [0.4, 0.5) is 14.8 Å². The molecule has 3 rings (SSSR count). The lowest BCUT2D eigenvalue weighted by molar-refractivity contribution is 0.102. The largest absolute Gasteiger partial charge is 0.401 e. The lowest BCUT2D eigenvalue weighted by Crippen LogP contribution is -2.12. The molecule has 22 heavy (non-hydrogen) atoms. The zero-order valence-electron chi connectivity index (χ0n) is 11.2. The molecule has 0 radical (unpaired) electrons. The van der Waals surface area contributed by atoms with Crippen molar-refractivity contribution in [3.8, 4) is 11.6 Å². The van der Waals surface area contributed by atoms with E-state index < -0.39 is 17.5 Å². The number of aryl methyl sites for hydroxylation is 1. The quantitative estimate of drug-likeness (QED) is 0.800. The number of hydrogen-bond acceptors (Lipinski definition) is 5. The molecule has 1 amide bonds. The summed E-state index contributed by atoms with van der Waals surface area (Å²) in [5.41, 5.74) is 0.375. The van der Waals surface area contributed by atoms with Gasteiger partial charge in [-0.15, -0.1) is 5.10 Å². The zero-order valence-corrected chi connectivity index (χ0v) is 11.2. The molecular weight excluding hydrogens is 296 g/mol. The van der Waals surface area contributed by atoms with Crippen molar-refractivity contribution in [2.45, 2.75) is 0 Å². The van der Waals surface area contributed by atoms with Crippen LogP contribution in [-0.2, 0) is 7.05 Å². The van der Waals surface area contributed by atoms with E-state index in [1.165, 1.54) is 0 Å². The number of hydrogen-bond donors (Lipinski definition) is 1. The standard InChI is InChI=1S/C13H9F2N5O2/c1-20-5-4-10(19-20)12-17-18-13(22-12)16-11(21)7-2-3-8(14)9(15)6-7/h2-6H,1H3,(H,16,18,21). The second-order valence-corrected chi connectivity index (χ2v) is 4.37. The Balaban J connectivity index is 1.77. The van der Waals surface area contributed by atoms with Gasteiger partial charge in [-0.2, -0.15) is 5.10 Å². The van der Waals surface area contributed by atoms with Gasteiger partial charge in [0.25, 0.3) is 11.8 Å². The Labute approximate surface area is 122 Å². The SMILES string of the molecule is Cn1ccc(-c2nnc(NC(=O)c3ccc(F)c(F)c3)o2)n1. The number of carbonyl (C=O) groups excluding carboxylic acids is 1. The minimum atomic E-state index is -1.12. The molecule has 0 aliphatic carbocycles. The highest BCUT2D eigenvalue weighted by Gasteiger charge is 2.15. The average Bonchev–Trinajstić information content (AvgIpc) is 3.10. The number of aromatic nitrogens is 4. The smallest absolute Gasteiger partial charge is 0.322 e. The normalized spacial score (nSPS) is 10.7. The van der Waals surface area contributed by atoms with E-state index in [1.54, 1.807) is 24.0 Å². The van der Waals surface area contributed by atoms with Crippen molar-refractivity contribution >= 4 is 11.9 Å². The van der Waals surface area contributed by atoms with Gasteiger partial charge in [-0.3, -0.25) is 14.8 Å². The fourth-order valence-electron chi connectivity index (χ4n) is 1.71. The van der Waals surface area contributed by atoms with Crippen LogP contribution in [0.3, 0.4) is 0 Å². The number of halogens is 2. The van der Waals surface area contributed by atoms with Gasteiger partial charge in [-0.1, -0.05) is 5.10 Å². The molecule has 0 bridgehead atoms. The summed E-state index contributed by atoms with van der Waals surface area (Å²) in [6.45, 7) is 0. The molecular formula is C13H9F2N5O2. The van der Waals surface area contributed by atoms with Crippen molar-refractivity contribution in [2.24, 2.45) is 7.05 Å². The van der Waals surface area contributed by atoms with Crippen LogP contribution in [0.25, 0.3) is 11.6 Å². The van der Waals surface area contributed by atoms with Crippen molar-refractivity contribution in [3.63, 3.8) is 0 Å². The van der Waals surface area contributed by atoms with Gasteiger partial charge in [0.2, 0.25) is 0 Å². The van der Waals surface area contributed by atoms with Gasteiger partial charge in [0, 0.05) is 18.8 Å². The summed E-state index contributed by atoms with van der Waals surface area (Å²) < 4.78 is 32.7. The predicted molar refractivity (Wildman–Crippen MR) is 70.8 cm³/mol. The van der Waals surface area contributed by atoms with Crippen LogP contribution in [0, 0.1) is 11.6 Å². The molecule has 1 aromatic carbocycles. The first-order valence-corrected chi connectivity index (χ1v) is 6.13. The summed E-state index contributed by atoms with van der Waals surface area (Å²) in [6, 6.07) is 4.27. The predicted octanol–water partition coefficient (Wildman–Crippen LogP) is 2.00. The Kier molecular flexibility index (Phi) is 3.37. The van der Waals surface area contributed by atoms with Crippen LogP contribution in [0.1, 0.15) is 10.4 Å². The highest BCUT2D eigenvalue weighted by molar-refractivity contribution is 6.03. The minimum Gasteiger partial charge on any atom is -0.401 e. The van der Waals surface area contributed by atoms with E-state index in [1.807, 2.05) is 0 Å². The minimum absolute atomic E-state index is 0.0727. The Morgan fingerprint density at radius 3 is 2.73 bits per heavy atom. The molecule has 0 saturated carbocycles. The number of carbonyl (C=O) groups is 1. The van der Waals surface area contributed by atoms with Crippen LogP contribution in [0.5, 0.6) is 0 Å². The Hall–Kier alpha value is -3.10. The van der Waals surface area contributed by atoms with Crippen LogP contribution in [0.15, 0.2) is 34.9 Å². The third kappa shape index (κ3) is 2.68. The molecule has 0 aliphatic heterocycles. The lowest BCUT2D eigenvalue weighted by Gasteiger charge is -2.00. The summed E-state index contributed by atoms with van der Waals surface area (Å²) in [4.78, 5) is 11.9. The van der Waals surface area contributed by atoms with Gasteiger partial charge in [0.15, 0.2) is 11.6 Å². The number of rotatable bonds is 3. The van der Waals surface area contributed by atoms with Gasteiger partial charge in [-0.05, 0) is 24.3 Å². The molecule has 2 heterocycles. The third-order valence-electron chi connectivity index (χ3n) is 2.76. The van der Waals surface area contributed by atoms with Gasteiger partial charge < -0.3 is 4.42 Å². The fraction of sp³-hybridized carbons (Fsp3) is 0.0769. The summed E-state index contributed by atoms with van der Waals surface area (Å²) in [7, 11) is 1.73. The van der Waals surface area contributed by atoms with Crippen LogP contribution in [0.2, 0.25) is 0 Å². The first-order chi connectivity index (χ1) is 10.5. The van der Waals surface area contributed by atoms with Crippen molar-refractivity contribution < 1.29 is 18.0 Å². The number of nitrogens with zero attached hydrogens (tertiary/aromatic N) is 4. The van der Waals surface area contributed by atoms with E-state index in [-0.39, 0.29) is 17.5 Å². The summed E-state index contributed by atoms with van der Waals surface area (Å²) in [6.07, 6.45) is 1.69. The summed E-state index contributed by atoms with van der Waals surface area (Å²) >= 11 is 0. The molecule has 7 nitrogen and oxygen atoms in total. The van der Waals surface area contributed by atoms with E-state index in [2.05, 4.69) is 20.6 Å². The van der Waals surface area contributed by atoms with Crippen LogP contribution in [-0.4, -0.2) is 25.9 Å². The van der Waals surface area contributed by atoms with E-state index in [9.17, 15) is 13.6 Å². The van der Waals surface area contributed by atoms with Crippen molar-refractivity contribution in [3.05, 3.63) is 47.7 Å². The summed E-state index contributed by atoms with van der Waals surface area (Å²) in [5, 5.41) is 13.7. The number of benzene rings is 1. The zero-order chi connectivity index (χ0) is 15.7. The highest BCUT2D eigenvalue weighted by Crippen LogP contribution is 2.18. The fourth-order valence-corrected chi connectivity index (χ4v) is 1.71. The number of anilines is 1. The van der Waals surface area contributed by atoms with Crippen molar-refractivity contribution in [1.82, 2.24) is 20.0 Å². The molecule has 1 N–H and O–H groups in total. The van der Waals surface area contributed by atoms with Gasteiger partial charge in [-0.25, -0.2) is 8.78 Å². The molecule has 112 valence electrons. The Morgan fingerprint density at radius 2 is 2.05 bits per heavy atom. The molecule has 0 aliphatic rings. The number of amides is 1. The molecule has 0 unspecified atom stereocenters. The van der Waals surface area contributed by atoms with Gasteiger partial charge >= 0.3 is 6.01 Å². The first-order valence-electron chi connectivity index (χ1n) is 6.13. The monoisotopic (exact) mass is 305 g/mol. The van der Waals surface area contributed by atoms with Crippen molar-refractivity contribution in [2.75, 3.05) is 5.32 Å². The van der Waals surface area contributed by atoms with Crippen LogP contribution < -0.4 is 5.32 Å². The van der Waals surface area contributed by atoms with Crippen LogP contribution >= 0.6 is 0 Å². The van der Waals surface area contributed by atoms with E-state index in [0.717, 1.165) is 18.2 Å². The van der Waals surface area contributed by atoms with Crippen molar-refractivity contribution in [1.29, 1.82) is 0 Å². The highest BCUT2D eigenvalue weighted by atomic mass is 19.2. The molecule has 0 atom stereocenters. The van der Waals surface area contributed by atoms with Gasteiger partial charge in [0.1, 0.15) is 5.69 Å². The molecule has 0 saturated heterocycles. The molecule has 0 fully saturated rings. The number of nitrogens with one attached hydrogen (secondary N) is 1. The lowest BCUT2D eigenvalue weighted by atomic mass is 10.2. The molecule has 2 aromatic heterocycles. The third-order valence-corrected chi connectivity index (χ3v) is 2.76. The first kappa shape index (κ1) is 13.9. The maximum atomic E-state index is 13.1. The Morgan fingerprint density at radius 1 is 1.23 bits per heavy atom. The topological polar surface area (TPSA) is 85.8 Å². The summed E-state index contributed by atoms with van der Waals surface area (Å²) in [5.74, 6) is -2.73. The maximum Gasteiger partial charge on any atom is 0.322 e. The average molecular weight is 305 g/mol. The molecule has 9 heteroatoms. The van der Waals surface area contributed by atoms with E-state index in [0.29, 0.717) is 5.69 Å². The molecule has 3 aromatic rings. The Bertz CT molecular complexity index is 843. The van der Waals surface area contributed by atoms with E-state index >= 15 is 0 Å². The van der Waals surface area contributed by atoms with E-state index in [4.69, 9.17) is 4.42 Å².